The van der Waals surface area contributed by atoms with Crippen molar-refractivity contribution in [3.8, 4) is 0 Å². The topological polar surface area (TPSA) is 98.0 Å². The van der Waals surface area contributed by atoms with Crippen LogP contribution in [-0.4, -0.2) is 51.1 Å². The Morgan fingerprint density at radius 2 is 2.00 bits per heavy atom. The molecule has 0 aliphatic rings. The van der Waals surface area contributed by atoms with Crippen molar-refractivity contribution >= 4 is 6.29 Å². The van der Waals surface area contributed by atoms with E-state index in [1.54, 1.807) is 0 Å². The highest BCUT2D eigenvalue weighted by Gasteiger charge is 2.34. The molecule has 0 aliphatic carbocycles. The predicted molar refractivity (Wildman–Crippen MR) is 35.8 cm³/mol. The van der Waals surface area contributed by atoms with Crippen LogP contribution in [0.1, 0.15) is 6.92 Å². The van der Waals surface area contributed by atoms with Crippen LogP contribution >= 0.6 is 0 Å². The molecule has 0 aromatic carbocycles. The third-order valence-corrected chi connectivity index (χ3v) is 1.42. The van der Waals surface area contributed by atoms with Gasteiger partial charge in [-0.2, -0.15) is 0 Å². The molecule has 0 radical (unpaired) electrons. The van der Waals surface area contributed by atoms with E-state index >= 15 is 0 Å². The van der Waals surface area contributed by atoms with E-state index in [2.05, 4.69) is 0 Å². The SMILES string of the molecule is CC(O)(CO)C(O)C(O)C=O. The van der Waals surface area contributed by atoms with Crippen molar-refractivity contribution in [3.05, 3.63) is 0 Å². The molecular formula is C6H12O5. The summed E-state index contributed by atoms with van der Waals surface area (Å²) in [5.41, 5.74) is -1.85. The van der Waals surface area contributed by atoms with Crippen LogP contribution in [0.2, 0.25) is 0 Å². The standard InChI is InChI=1S/C6H12O5/c1-6(11,3-8)5(10)4(9)2-7/h2,4-5,8-11H,3H2,1H3. The minimum absolute atomic E-state index is 0.0921. The van der Waals surface area contributed by atoms with Crippen LogP contribution in [-0.2, 0) is 4.79 Å². The van der Waals surface area contributed by atoms with Crippen LogP contribution < -0.4 is 0 Å². The molecule has 5 heteroatoms. The van der Waals surface area contributed by atoms with Crippen LogP contribution in [0.15, 0.2) is 0 Å². The number of rotatable bonds is 4. The van der Waals surface area contributed by atoms with Crippen molar-refractivity contribution in [2.75, 3.05) is 6.61 Å². The fourth-order valence-corrected chi connectivity index (χ4v) is 0.536. The minimum atomic E-state index is -1.85. The average Bonchev–Trinajstić information content (AvgIpc) is 2.01. The number of carbonyl (C=O) groups excluding carboxylic acids is 1. The normalized spacial score (nSPS) is 21.9. The Kier molecular flexibility index (Phi) is 3.61. The van der Waals surface area contributed by atoms with Gasteiger partial charge in [-0.1, -0.05) is 0 Å². The number of carbonyl (C=O) groups is 1. The van der Waals surface area contributed by atoms with Crippen LogP contribution in [0.25, 0.3) is 0 Å². The van der Waals surface area contributed by atoms with Crippen LogP contribution in [0.4, 0.5) is 0 Å². The molecular weight excluding hydrogens is 152 g/mol. The minimum Gasteiger partial charge on any atom is -0.393 e. The largest absolute Gasteiger partial charge is 0.393 e. The first-order chi connectivity index (χ1) is 4.95. The second-order valence-electron chi connectivity index (χ2n) is 2.59. The average molecular weight is 164 g/mol. The van der Waals surface area contributed by atoms with Gasteiger partial charge in [-0.05, 0) is 6.92 Å². The van der Waals surface area contributed by atoms with Crippen LogP contribution in [0.3, 0.4) is 0 Å². The molecule has 0 amide bonds. The van der Waals surface area contributed by atoms with Crippen molar-refractivity contribution in [3.63, 3.8) is 0 Å². The number of hydrogen-bond acceptors (Lipinski definition) is 5. The number of hydrogen-bond donors (Lipinski definition) is 4. The van der Waals surface area contributed by atoms with Gasteiger partial charge in [0.15, 0.2) is 6.29 Å². The fraction of sp³-hybridized carbons (Fsp3) is 0.833. The summed E-state index contributed by atoms with van der Waals surface area (Å²) in [6.07, 6.45) is -3.24. The lowest BCUT2D eigenvalue weighted by atomic mass is 9.96. The Morgan fingerprint density at radius 3 is 2.27 bits per heavy atom. The second-order valence-corrected chi connectivity index (χ2v) is 2.59. The Balaban J connectivity index is 4.21. The maximum Gasteiger partial charge on any atom is 0.151 e. The number of aldehydes is 1. The van der Waals surface area contributed by atoms with E-state index in [9.17, 15) is 4.79 Å². The third-order valence-electron chi connectivity index (χ3n) is 1.42. The lowest BCUT2D eigenvalue weighted by Gasteiger charge is -2.27. The van der Waals surface area contributed by atoms with Crippen LogP contribution in [0, 0.1) is 0 Å². The van der Waals surface area contributed by atoms with Gasteiger partial charge in [0.05, 0.1) is 6.61 Å². The van der Waals surface area contributed by atoms with Gasteiger partial charge in [-0.3, -0.25) is 0 Å². The summed E-state index contributed by atoms with van der Waals surface area (Å²) in [6, 6.07) is 0. The Bertz CT molecular complexity index is 133. The van der Waals surface area contributed by atoms with E-state index in [0.717, 1.165) is 6.92 Å². The summed E-state index contributed by atoms with van der Waals surface area (Å²) < 4.78 is 0. The van der Waals surface area contributed by atoms with Gasteiger partial charge in [0.2, 0.25) is 0 Å². The van der Waals surface area contributed by atoms with E-state index in [4.69, 9.17) is 20.4 Å². The summed E-state index contributed by atoms with van der Waals surface area (Å²) >= 11 is 0. The molecule has 66 valence electrons. The lowest BCUT2D eigenvalue weighted by Crippen LogP contribution is -2.50. The summed E-state index contributed by atoms with van der Waals surface area (Å²) in [5.74, 6) is 0. The van der Waals surface area contributed by atoms with Gasteiger partial charge in [-0.25, -0.2) is 0 Å². The van der Waals surface area contributed by atoms with E-state index in [1.807, 2.05) is 0 Å². The number of aliphatic hydroxyl groups is 4. The number of aliphatic hydroxyl groups excluding tert-OH is 3. The molecule has 11 heavy (non-hydrogen) atoms. The Hall–Kier alpha value is -0.490. The lowest BCUT2D eigenvalue weighted by molar-refractivity contribution is -0.147. The van der Waals surface area contributed by atoms with Gasteiger partial charge in [0, 0.05) is 0 Å². The first-order valence-corrected chi connectivity index (χ1v) is 3.10. The van der Waals surface area contributed by atoms with Crippen molar-refractivity contribution in [1.82, 2.24) is 0 Å². The van der Waals surface area contributed by atoms with Crippen molar-refractivity contribution < 1.29 is 25.2 Å². The smallest absolute Gasteiger partial charge is 0.151 e. The van der Waals surface area contributed by atoms with Crippen LogP contribution in [0.5, 0.6) is 0 Å². The highest BCUT2D eigenvalue weighted by atomic mass is 16.4. The molecule has 0 fully saturated rings. The highest BCUT2D eigenvalue weighted by molar-refractivity contribution is 5.56. The molecule has 5 nitrogen and oxygen atoms in total. The zero-order chi connectivity index (χ0) is 9.07. The third kappa shape index (κ3) is 2.55. The van der Waals surface area contributed by atoms with Gasteiger partial charge < -0.3 is 25.2 Å². The fourth-order valence-electron chi connectivity index (χ4n) is 0.536. The van der Waals surface area contributed by atoms with Gasteiger partial charge in [-0.15, -0.1) is 0 Å². The molecule has 0 rings (SSSR count). The molecule has 3 atom stereocenters. The summed E-state index contributed by atoms with van der Waals surface area (Å²) in [5, 5.41) is 35.2. The summed E-state index contributed by atoms with van der Waals surface area (Å²) in [7, 11) is 0. The monoisotopic (exact) mass is 164 g/mol. The van der Waals surface area contributed by atoms with E-state index < -0.39 is 24.4 Å². The molecule has 0 saturated carbocycles. The van der Waals surface area contributed by atoms with Gasteiger partial charge in [0.1, 0.15) is 17.8 Å². The molecule has 3 unspecified atom stereocenters. The molecule has 0 saturated heterocycles. The maximum absolute atomic E-state index is 9.91. The Labute approximate surface area is 63.9 Å². The maximum atomic E-state index is 9.91. The molecule has 4 N–H and O–H groups in total. The summed E-state index contributed by atoms with van der Waals surface area (Å²) in [4.78, 5) is 9.91. The van der Waals surface area contributed by atoms with E-state index in [-0.39, 0.29) is 6.29 Å². The Morgan fingerprint density at radius 1 is 1.55 bits per heavy atom. The van der Waals surface area contributed by atoms with Gasteiger partial charge in [0.25, 0.3) is 0 Å². The van der Waals surface area contributed by atoms with Crippen molar-refractivity contribution in [1.29, 1.82) is 0 Å². The quantitative estimate of drug-likeness (QED) is 0.349. The molecule has 0 aliphatic heterocycles. The molecule has 0 aromatic rings. The first kappa shape index (κ1) is 10.5. The second kappa shape index (κ2) is 3.77. The molecule has 0 aromatic heterocycles. The van der Waals surface area contributed by atoms with Gasteiger partial charge >= 0.3 is 0 Å². The first-order valence-electron chi connectivity index (χ1n) is 3.10. The predicted octanol–water partition coefficient (Wildman–Crippen LogP) is -2.35. The highest BCUT2D eigenvalue weighted by Crippen LogP contribution is 2.11. The molecule has 0 heterocycles. The molecule has 0 spiro atoms. The summed E-state index contributed by atoms with van der Waals surface area (Å²) in [6.45, 7) is 0.392. The van der Waals surface area contributed by atoms with Crippen molar-refractivity contribution in [2.45, 2.75) is 24.7 Å². The van der Waals surface area contributed by atoms with E-state index in [0.29, 0.717) is 0 Å². The van der Waals surface area contributed by atoms with Crippen molar-refractivity contribution in [2.24, 2.45) is 0 Å². The zero-order valence-electron chi connectivity index (χ0n) is 6.14. The molecule has 0 bridgehead atoms. The zero-order valence-corrected chi connectivity index (χ0v) is 6.14. The van der Waals surface area contributed by atoms with E-state index in [1.165, 1.54) is 0 Å².